The van der Waals surface area contributed by atoms with E-state index in [1.54, 1.807) is 6.07 Å². The van der Waals surface area contributed by atoms with Gasteiger partial charge in [-0.1, -0.05) is 0 Å². The van der Waals surface area contributed by atoms with E-state index in [-0.39, 0.29) is 11.2 Å². The lowest BCUT2D eigenvalue weighted by molar-refractivity contribution is 0.139. The monoisotopic (exact) mass is 270 g/mol. The Morgan fingerprint density at radius 1 is 1.50 bits per heavy atom. The molecule has 1 aromatic heterocycles. The highest BCUT2D eigenvalue weighted by atomic mass is 35.5. The van der Waals surface area contributed by atoms with E-state index >= 15 is 0 Å². The lowest BCUT2D eigenvalue weighted by Gasteiger charge is -2.10. The van der Waals surface area contributed by atoms with E-state index in [0.29, 0.717) is 19.8 Å². The molecule has 2 aromatic rings. The second-order valence-electron chi connectivity index (χ2n) is 4.07. The standard InChI is InChI=1S/C13H16ClFN2O/c1-3-18-7-6-17-12-8-10(15)4-5-11(12)16-13(17)9(2)14/h4-5,8-9H,3,6-7H2,1-2H3. The smallest absolute Gasteiger partial charge is 0.127 e. The summed E-state index contributed by atoms with van der Waals surface area (Å²) in [5.74, 6) is 0.478. The molecule has 0 radical (unpaired) electrons. The van der Waals surface area contributed by atoms with Crippen LogP contribution in [0, 0.1) is 5.82 Å². The zero-order chi connectivity index (χ0) is 13.1. The maximum Gasteiger partial charge on any atom is 0.127 e. The fraction of sp³-hybridized carbons (Fsp3) is 0.462. The molecule has 0 saturated carbocycles. The van der Waals surface area contributed by atoms with E-state index in [2.05, 4.69) is 4.98 Å². The molecule has 0 N–H and O–H groups in total. The molecule has 0 fully saturated rings. The number of rotatable bonds is 5. The largest absolute Gasteiger partial charge is 0.380 e. The number of hydrogen-bond acceptors (Lipinski definition) is 2. The highest BCUT2D eigenvalue weighted by Crippen LogP contribution is 2.25. The Kier molecular flexibility index (Phi) is 4.19. The van der Waals surface area contributed by atoms with Crippen LogP contribution in [0.25, 0.3) is 11.0 Å². The van der Waals surface area contributed by atoms with Crippen LogP contribution >= 0.6 is 11.6 Å². The van der Waals surface area contributed by atoms with Crippen LogP contribution in [0.4, 0.5) is 4.39 Å². The van der Waals surface area contributed by atoms with Crippen LogP contribution in [-0.2, 0) is 11.3 Å². The molecule has 0 aliphatic rings. The third-order valence-corrected chi connectivity index (χ3v) is 2.95. The van der Waals surface area contributed by atoms with Gasteiger partial charge in [-0.3, -0.25) is 0 Å². The molecule has 3 nitrogen and oxygen atoms in total. The third kappa shape index (κ3) is 2.65. The van der Waals surface area contributed by atoms with Gasteiger partial charge in [0.1, 0.15) is 11.6 Å². The Balaban J connectivity index is 2.43. The predicted octanol–water partition coefficient (Wildman–Crippen LogP) is 3.51. The minimum atomic E-state index is -0.270. The van der Waals surface area contributed by atoms with Gasteiger partial charge in [-0.2, -0.15) is 0 Å². The average Bonchev–Trinajstić information content (AvgIpc) is 2.68. The Labute approximate surface area is 111 Å². The van der Waals surface area contributed by atoms with Crippen molar-refractivity contribution in [2.24, 2.45) is 0 Å². The van der Waals surface area contributed by atoms with Crippen molar-refractivity contribution in [2.45, 2.75) is 25.8 Å². The molecule has 2 rings (SSSR count). The normalized spacial score (nSPS) is 13.1. The summed E-state index contributed by atoms with van der Waals surface area (Å²) in [7, 11) is 0. The van der Waals surface area contributed by atoms with Gasteiger partial charge >= 0.3 is 0 Å². The van der Waals surface area contributed by atoms with E-state index in [1.165, 1.54) is 12.1 Å². The highest BCUT2D eigenvalue weighted by Gasteiger charge is 2.15. The second-order valence-corrected chi connectivity index (χ2v) is 4.72. The molecule has 0 spiro atoms. The SMILES string of the molecule is CCOCCn1c(C(C)Cl)nc2ccc(F)cc21. The fourth-order valence-corrected chi connectivity index (χ4v) is 2.12. The summed E-state index contributed by atoms with van der Waals surface area (Å²) in [6, 6.07) is 4.56. The van der Waals surface area contributed by atoms with Crippen molar-refractivity contribution in [3.63, 3.8) is 0 Å². The number of fused-ring (bicyclic) bond motifs is 1. The van der Waals surface area contributed by atoms with Crippen LogP contribution in [0.15, 0.2) is 18.2 Å². The molecule has 98 valence electrons. The summed E-state index contributed by atoms with van der Waals surface area (Å²) in [5, 5.41) is -0.220. The van der Waals surface area contributed by atoms with Crippen LogP contribution < -0.4 is 0 Å². The van der Waals surface area contributed by atoms with Crippen molar-refractivity contribution >= 4 is 22.6 Å². The predicted molar refractivity (Wildman–Crippen MR) is 70.5 cm³/mol. The number of benzene rings is 1. The van der Waals surface area contributed by atoms with Crippen LogP contribution in [0.3, 0.4) is 0 Å². The summed E-state index contributed by atoms with van der Waals surface area (Å²) in [6.07, 6.45) is 0. The van der Waals surface area contributed by atoms with E-state index in [0.717, 1.165) is 16.9 Å². The quantitative estimate of drug-likeness (QED) is 0.614. The minimum Gasteiger partial charge on any atom is -0.380 e. The molecule has 0 bridgehead atoms. The van der Waals surface area contributed by atoms with Crippen LogP contribution in [-0.4, -0.2) is 22.8 Å². The average molecular weight is 271 g/mol. The topological polar surface area (TPSA) is 27.1 Å². The molecule has 1 atom stereocenters. The molecule has 1 unspecified atom stereocenters. The second kappa shape index (κ2) is 5.67. The van der Waals surface area contributed by atoms with Gasteiger partial charge in [-0.05, 0) is 32.0 Å². The van der Waals surface area contributed by atoms with E-state index < -0.39 is 0 Å². The first-order chi connectivity index (χ1) is 8.63. The van der Waals surface area contributed by atoms with Crippen molar-refractivity contribution < 1.29 is 9.13 Å². The van der Waals surface area contributed by atoms with Crippen molar-refractivity contribution in [1.82, 2.24) is 9.55 Å². The van der Waals surface area contributed by atoms with Gasteiger partial charge in [-0.15, -0.1) is 11.6 Å². The van der Waals surface area contributed by atoms with Gasteiger partial charge in [-0.25, -0.2) is 9.37 Å². The van der Waals surface area contributed by atoms with Crippen molar-refractivity contribution in [1.29, 1.82) is 0 Å². The fourth-order valence-electron chi connectivity index (χ4n) is 1.95. The zero-order valence-electron chi connectivity index (χ0n) is 10.5. The Morgan fingerprint density at radius 3 is 2.94 bits per heavy atom. The Hall–Kier alpha value is -1.13. The number of hydrogen-bond donors (Lipinski definition) is 0. The van der Waals surface area contributed by atoms with E-state index in [1.807, 2.05) is 18.4 Å². The van der Waals surface area contributed by atoms with Crippen molar-refractivity contribution in [3.8, 4) is 0 Å². The number of nitrogens with zero attached hydrogens (tertiary/aromatic N) is 2. The molecule has 5 heteroatoms. The molecule has 0 aliphatic carbocycles. The van der Waals surface area contributed by atoms with Crippen LogP contribution in [0.2, 0.25) is 0 Å². The number of imidazole rings is 1. The molecule has 0 amide bonds. The molecule has 18 heavy (non-hydrogen) atoms. The van der Waals surface area contributed by atoms with Gasteiger partial charge in [0, 0.05) is 13.2 Å². The molecule has 0 aliphatic heterocycles. The summed E-state index contributed by atoms with van der Waals surface area (Å²) >= 11 is 6.11. The van der Waals surface area contributed by atoms with Crippen molar-refractivity contribution in [3.05, 3.63) is 29.8 Å². The van der Waals surface area contributed by atoms with Gasteiger partial charge in [0.25, 0.3) is 0 Å². The lowest BCUT2D eigenvalue weighted by atomic mass is 10.3. The third-order valence-electron chi connectivity index (χ3n) is 2.76. The van der Waals surface area contributed by atoms with Crippen LogP contribution in [0.1, 0.15) is 25.0 Å². The van der Waals surface area contributed by atoms with Gasteiger partial charge < -0.3 is 9.30 Å². The molecule has 1 heterocycles. The van der Waals surface area contributed by atoms with Crippen molar-refractivity contribution in [2.75, 3.05) is 13.2 Å². The lowest BCUT2D eigenvalue weighted by Crippen LogP contribution is -2.09. The first-order valence-corrected chi connectivity index (χ1v) is 6.44. The summed E-state index contributed by atoms with van der Waals surface area (Å²) in [5.41, 5.74) is 1.52. The number of ether oxygens (including phenoxy) is 1. The Bertz CT molecular complexity index is 539. The van der Waals surface area contributed by atoms with Gasteiger partial charge in [0.15, 0.2) is 0 Å². The van der Waals surface area contributed by atoms with E-state index in [9.17, 15) is 4.39 Å². The first kappa shape index (κ1) is 13.3. The first-order valence-electron chi connectivity index (χ1n) is 6.01. The summed E-state index contributed by atoms with van der Waals surface area (Å²) < 4.78 is 20.6. The van der Waals surface area contributed by atoms with E-state index in [4.69, 9.17) is 16.3 Å². The summed E-state index contributed by atoms with van der Waals surface area (Å²) in [4.78, 5) is 4.44. The zero-order valence-corrected chi connectivity index (χ0v) is 11.2. The molecular weight excluding hydrogens is 255 g/mol. The minimum absolute atomic E-state index is 0.220. The van der Waals surface area contributed by atoms with Gasteiger partial charge in [0.05, 0.1) is 23.0 Å². The number of aromatic nitrogens is 2. The van der Waals surface area contributed by atoms with Crippen LogP contribution in [0.5, 0.6) is 0 Å². The number of alkyl halides is 1. The molecule has 1 aromatic carbocycles. The Morgan fingerprint density at radius 2 is 2.28 bits per heavy atom. The highest BCUT2D eigenvalue weighted by molar-refractivity contribution is 6.20. The molecular formula is C13H16ClFN2O. The maximum atomic E-state index is 13.3. The molecule has 0 saturated heterocycles. The maximum absolute atomic E-state index is 13.3. The number of halogens is 2. The van der Waals surface area contributed by atoms with Gasteiger partial charge in [0.2, 0.25) is 0 Å². The summed E-state index contributed by atoms with van der Waals surface area (Å²) in [6.45, 7) is 5.65.